The van der Waals surface area contributed by atoms with E-state index in [4.69, 9.17) is 9.15 Å². The first kappa shape index (κ1) is 17.9. The summed E-state index contributed by atoms with van der Waals surface area (Å²) in [6, 6.07) is 11.3. The van der Waals surface area contributed by atoms with Crippen molar-refractivity contribution in [3.8, 4) is 17.2 Å². The van der Waals surface area contributed by atoms with E-state index in [9.17, 15) is 4.79 Å². The third-order valence-electron chi connectivity index (χ3n) is 3.57. The average Bonchev–Trinajstić information content (AvgIpc) is 3.16. The van der Waals surface area contributed by atoms with Crippen LogP contribution >= 0.6 is 11.8 Å². The third kappa shape index (κ3) is 4.82. The molecule has 0 spiro atoms. The normalized spacial score (nSPS) is 10.5. The van der Waals surface area contributed by atoms with Crippen LogP contribution in [0.2, 0.25) is 0 Å². The van der Waals surface area contributed by atoms with E-state index in [1.54, 1.807) is 31.6 Å². The summed E-state index contributed by atoms with van der Waals surface area (Å²) in [5.74, 6) is 1.36. The number of carbonyl (C=O) groups excluding carboxylic acids is 1. The minimum absolute atomic E-state index is 0.0893. The van der Waals surface area contributed by atoms with Crippen LogP contribution in [0.5, 0.6) is 5.75 Å². The van der Waals surface area contributed by atoms with E-state index >= 15 is 0 Å². The van der Waals surface area contributed by atoms with Crippen molar-refractivity contribution in [2.45, 2.75) is 11.6 Å². The Bertz CT molecular complexity index is 854. The van der Waals surface area contributed by atoms with E-state index in [2.05, 4.69) is 20.5 Å². The van der Waals surface area contributed by atoms with Crippen molar-refractivity contribution in [2.24, 2.45) is 0 Å². The van der Waals surface area contributed by atoms with Gasteiger partial charge in [-0.3, -0.25) is 9.78 Å². The molecule has 2 aromatic heterocycles. The zero-order chi connectivity index (χ0) is 18.2. The molecule has 0 aliphatic rings. The first-order valence-corrected chi connectivity index (χ1v) is 9.00. The fourth-order valence-corrected chi connectivity index (χ4v) is 2.90. The molecule has 0 radical (unpaired) electrons. The van der Waals surface area contributed by atoms with Crippen LogP contribution in [0, 0.1) is 0 Å². The van der Waals surface area contributed by atoms with Crippen molar-refractivity contribution in [3.63, 3.8) is 0 Å². The van der Waals surface area contributed by atoms with Crippen molar-refractivity contribution in [2.75, 3.05) is 19.4 Å². The van der Waals surface area contributed by atoms with Crippen LogP contribution in [0.3, 0.4) is 0 Å². The Hall–Kier alpha value is -2.87. The maximum atomic E-state index is 12.0. The summed E-state index contributed by atoms with van der Waals surface area (Å²) in [6.07, 6.45) is 4.01. The molecule has 26 heavy (non-hydrogen) atoms. The van der Waals surface area contributed by atoms with Gasteiger partial charge in [-0.15, -0.1) is 10.2 Å². The van der Waals surface area contributed by atoms with Gasteiger partial charge in [-0.25, -0.2) is 0 Å². The molecule has 0 bridgehead atoms. The summed E-state index contributed by atoms with van der Waals surface area (Å²) < 4.78 is 10.8. The number of methoxy groups -OCH3 is 1. The number of rotatable bonds is 8. The highest BCUT2D eigenvalue weighted by Crippen LogP contribution is 2.22. The topological polar surface area (TPSA) is 90.1 Å². The number of thioether (sulfide) groups is 1. The van der Waals surface area contributed by atoms with Crippen LogP contribution in [0.1, 0.15) is 5.56 Å². The molecule has 3 rings (SSSR count). The van der Waals surface area contributed by atoms with Gasteiger partial charge in [0.25, 0.3) is 5.22 Å². The first-order chi connectivity index (χ1) is 12.8. The standard InChI is InChI=1S/C18H18N4O3S/c1-24-15-5-3-2-4-13(15)8-11-20-16(23)12-26-18-22-21-17(25-18)14-6-9-19-10-7-14/h2-7,9-10H,8,11-12H2,1H3,(H,20,23). The summed E-state index contributed by atoms with van der Waals surface area (Å²) in [6.45, 7) is 0.534. The largest absolute Gasteiger partial charge is 0.496 e. The Kier molecular flexibility index (Phi) is 6.21. The first-order valence-electron chi connectivity index (χ1n) is 8.01. The van der Waals surface area contributed by atoms with Gasteiger partial charge in [0.2, 0.25) is 11.8 Å². The van der Waals surface area contributed by atoms with Gasteiger partial charge >= 0.3 is 0 Å². The number of para-hydroxylation sites is 1. The number of benzene rings is 1. The number of nitrogens with one attached hydrogen (secondary N) is 1. The van der Waals surface area contributed by atoms with E-state index in [1.807, 2.05) is 24.3 Å². The highest BCUT2D eigenvalue weighted by molar-refractivity contribution is 7.99. The number of hydrogen-bond donors (Lipinski definition) is 1. The molecule has 0 saturated heterocycles. The van der Waals surface area contributed by atoms with Crippen LogP contribution in [-0.2, 0) is 11.2 Å². The predicted octanol–water partition coefficient (Wildman–Crippen LogP) is 2.59. The maximum Gasteiger partial charge on any atom is 0.277 e. The minimum Gasteiger partial charge on any atom is -0.496 e. The lowest BCUT2D eigenvalue weighted by Gasteiger charge is -2.08. The molecule has 1 N–H and O–H groups in total. The number of aromatic nitrogens is 3. The smallest absolute Gasteiger partial charge is 0.277 e. The second-order valence-corrected chi connectivity index (χ2v) is 6.24. The molecule has 134 valence electrons. The van der Waals surface area contributed by atoms with E-state index in [-0.39, 0.29) is 11.7 Å². The molecule has 1 amide bonds. The Morgan fingerprint density at radius 3 is 2.81 bits per heavy atom. The van der Waals surface area contributed by atoms with Crippen LogP contribution in [0.4, 0.5) is 0 Å². The van der Waals surface area contributed by atoms with Crippen molar-refractivity contribution >= 4 is 17.7 Å². The SMILES string of the molecule is COc1ccccc1CCNC(=O)CSc1nnc(-c2ccncc2)o1. The molecule has 0 aliphatic heterocycles. The van der Waals surface area contributed by atoms with Crippen LogP contribution < -0.4 is 10.1 Å². The average molecular weight is 370 g/mol. The van der Waals surface area contributed by atoms with E-state index in [0.29, 0.717) is 24.1 Å². The molecular formula is C18H18N4O3S. The molecule has 8 heteroatoms. The highest BCUT2D eigenvalue weighted by atomic mass is 32.2. The van der Waals surface area contributed by atoms with Crippen LogP contribution in [0.25, 0.3) is 11.5 Å². The molecule has 7 nitrogen and oxygen atoms in total. The summed E-state index contributed by atoms with van der Waals surface area (Å²) in [5.41, 5.74) is 1.85. The van der Waals surface area contributed by atoms with Gasteiger partial charge in [-0.1, -0.05) is 30.0 Å². The van der Waals surface area contributed by atoms with Gasteiger partial charge in [0.1, 0.15) is 5.75 Å². The third-order valence-corrected chi connectivity index (χ3v) is 4.39. The Morgan fingerprint density at radius 1 is 1.19 bits per heavy atom. The zero-order valence-electron chi connectivity index (χ0n) is 14.2. The molecule has 3 aromatic rings. The van der Waals surface area contributed by atoms with Gasteiger partial charge in [-0.2, -0.15) is 0 Å². The predicted molar refractivity (Wildman–Crippen MR) is 98.0 cm³/mol. The van der Waals surface area contributed by atoms with E-state index in [1.165, 1.54) is 11.8 Å². The Morgan fingerprint density at radius 2 is 2.00 bits per heavy atom. The van der Waals surface area contributed by atoms with Gasteiger partial charge in [0.05, 0.1) is 12.9 Å². The van der Waals surface area contributed by atoms with Crippen LogP contribution in [-0.4, -0.2) is 40.5 Å². The maximum absolute atomic E-state index is 12.0. The van der Waals surface area contributed by atoms with Crippen molar-refractivity contribution in [1.82, 2.24) is 20.5 Å². The highest BCUT2D eigenvalue weighted by Gasteiger charge is 2.11. The molecular weight excluding hydrogens is 352 g/mol. The Balaban J connectivity index is 1.44. The summed E-state index contributed by atoms with van der Waals surface area (Å²) in [7, 11) is 1.64. The minimum atomic E-state index is -0.0893. The molecule has 0 aliphatic carbocycles. The number of amides is 1. The second kappa shape index (κ2) is 9.00. The zero-order valence-corrected chi connectivity index (χ0v) is 15.0. The number of pyridine rings is 1. The Labute approximate surface area is 155 Å². The van der Waals surface area contributed by atoms with Gasteiger partial charge < -0.3 is 14.5 Å². The summed E-state index contributed by atoms with van der Waals surface area (Å²) >= 11 is 1.21. The lowest BCUT2D eigenvalue weighted by molar-refractivity contribution is -0.118. The fraction of sp³-hybridized carbons (Fsp3) is 0.222. The van der Waals surface area contributed by atoms with Crippen molar-refractivity contribution in [3.05, 3.63) is 54.4 Å². The quantitative estimate of drug-likeness (QED) is 0.610. The molecule has 1 aromatic carbocycles. The number of carbonyl (C=O) groups is 1. The molecule has 2 heterocycles. The summed E-state index contributed by atoms with van der Waals surface area (Å²) in [4.78, 5) is 15.9. The van der Waals surface area contributed by atoms with Gasteiger partial charge in [0.15, 0.2) is 0 Å². The summed E-state index contributed by atoms with van der Waals surface area (Å²) in [5, 5.41) is 11.2. The molecule has 0 fully saturated rings. The molecule has 0 saturated carbocycles. The van der Waals surface area contributed by atoms with Gasteiger partial charge in [0, 0.05) is 24.5 Å². The lowest BCUT2D eigenvalue weighted by Crippen LogP contribution is -2.27. The van der Waals surface area contributed by atoms with Crippen LogP contribution in [0.15, 0.2) is 58.4 Å². The monoisotopic (exact) mass is 370 g/mol. The lowest BCUT2D eigenvalue weighted by atomic mass is 10.1. The van der Waals surface area contributed by atoms with Crippen molar-refractivity contribution in [1.29, 1.82) is 0 Å². The van der Waals surface area contributed by atoms with E-state index in [0.717, 1.165) is 16.9 Å². The second-order valence-electron chi connectivity index (χ2n) is 5.31. The van der Waals surface area contributed by atoms with Crippen molar-refractivity contribution < 1.29 is 13.9 Å². The number of ether oxygens (including phenoxy) is 1. The molecule has 0 unspecified atom stereocenters. The number of hydrogen-bond acceptors (Lipinski definition) is 7. The molecule has 0 atom stereocenters. The fourth-order valence-electron chi connectivity index (χ4n) is 2.30. The van der Waals surface area contributed by atoms with Gasteiger partial charge in [-0.05, 0) is 30.2 Å². The number of nitrogens with zero attached hydrogens (tertiary/aromatic N) is 3. The van der Waals surface area contributed by atoms with E-state index < -0.39 is 0 Å².